The maximum Gasteiger partial charge on any atom is 0.223 e. The molecule has 2 saturated heterocycles. The van der Waals surface area contributed by atoms with E-state index in [1.54, 1.807) is 6.07 Å². The minimum atomic E-state index is -0.479. The number of primary amides is 1. The number of anilines is 3. The zero-order valence-corrected chi connectivity index (χ0v) is 18.7. The van der Waals surface area contributed by atoms with Gasteiger partial charge in [-0.15, -0.1) is 0 Å². The number of amides is 2. The Bertz CT molecular complexity index is 1000. The van der Waals surface area contributed by atoms with Gasteiger partial charge in [0.05, 0.1) is 11.6 Å². The molecule has 2 amide bonds. The van der Waals surface area contributed by atoms with Crippen molar-refractivity contribution in [3.63, 3.8) is 0 Å². The molecule has 6 nitrogen and oxygen atoms in total. The minimum Gasteiger partial charge on any atom is -0.369 e. The molecule has 0 radical (unpaired) electrons. The molecule has 0 saturated carbocycles. The van der Waals surface area contributed by atoms with Gasteiger partial charge >= 0.3 is 0 Å². The highest BCUT2D eigenvalue weighted by atomic mass is 19.1. The molecule has 2 aliphatic rings. The van der Waals surface area contributed by atoms with E-state index in [1.807, 2.05) is 37.3 Å². The van der Waals surface area contributed by atoms with Crippen LogP contribution in [-0.2, 0) is 16.0 Å². The molecule has 0 aliphatic carbocycles. The van der Waals surface area contributed by atoms with E-state index in [1.165, 1.54) is 0 Å². The van der Waals surface area contributed by atoms with E-state index >= 15 is 0 Å². The second-order valence-corrected chi connectivity index (χ2v) is 9.20. The number of nitrogens with two attached hydrogens (primary N) is 1. The average molecular weight is 439 g/mol. The van der Waals surface area contributed by atoms with Crippen molar-refractivity contribution in [2.75, 3.05) is 23.3 Å². The number of hydrogen-bond acceptors (Lipinski definition) is 4. The van der Waals surface area contributed by atoms with Crippen LogP contribution in [0.2, 0.25) is 0 Å². The van der Waals surface area contributed by atoms with Gasteiger partial charge in [-0.1, -0.05) is 19.1 Å². The summed E-state index contributed by atoms with van der Waals surface area (Å²) in [6.45, 7) is 6.02. The number of rotatable bonds is 6. The topological polar surface area (TPSA) is 87.5 Å². The SMILES string of the molecule is Cc1cc(N2CCC(C)CC2)c(F)cc1Nc1ccc(CC2NC(=O)CC2C(N)=O)cc1. The fourth-order valence-corrected chi connectivity index (χ4v) is 4.63. The fraction of sp³-hybridized carbons (Fsp3) is 0.440. The van der Waals surface area contributed by atoms with E-state index in [9.17, 15) is 14.0 Å². The Hall–Kier alpha value is -3.09. The zero-order valence-electron chi connectivity index (χ0n) is 18.7. The molecule has 2 unspecified atom stereocenters. The number of halogens is 1. The molecule has 32 heavy (non-hydrogen) atoms. The number of hydrogen-bond donors (Lipinski definition) is 3. The van der Waals surface area contributed by atoms with E-state index in [-0.39, 0.29) is 24.2 Å². The van der Waals surface area contributed by atoms with Crippen LogP contribution in [0.1, 0.15) is 37.3 Å². The summed E-state index contributed by atoms with van der Waals surface area (Å²) in [6, 6.07) is 10.9. The molecule has 2 aliphatic heterocycles. The van der Waals surface area contributed by atoms with Gasteiger partial charge in [-0.2, -0.15) is 0 Å². The first-order valence-electron chi connectivity index (χ1n) is 11.3. The van der Waals surface area contributed by atoms with Gasteiger partial charge in [-0.3, -0.25) is 9.59 Å². The van der Waals surface area contributed by atoms with Crippen molar-refractivity contribution in [1.29, 1.82) is 0 Å². The Morgan fingerprint density at radius 1 is 1.22 bits per heavy atom. The number of piperidine rings is 1. The van der Waals surface area contributed by atoms with Crippen molar-refractivity contribution in [2.45, 2.75) is 45.6 Å². The van der Waals surface area contributed by atoms with Crippen LogP contribution >= 0.6 is 0 Å². The second kappa shape index (κ2) is 9.18. The Morgan fingerprint density at radius 3 is 2.56 bits per heavy atom. The first-order valence-corrected chi connectivity index (χ1v) is 11.3. The Kier molecular flexibility index (Phi) is 6.35. The average Bonchev–Trinajstić information content (AvgIpc) is 3.13. The van der Waals surface area contributed by atoms with Crippen molar-refractivity contribution in [3.8, 4) is 0 Å². The van der Waals surface area contributed by atoms with E-state index in [4.69, 9.17) is 5.73 Å². The molecule has 0 spiro atoms. The number of aryl methyl sites for hydroxylation is 1. The summed E-state index contributed by atoms with van der Waals surface area (Å²) in [5.41, 5.74) is 9.67. The Balaban J connectivity index is 1.43. The molecule has 2 aromatic rings. The monoisotopic (exact) mass is 438 g/mol. The molecule has 0 bridgehead atoms. The maximum absolute atomic E-state index is 14.9. The highest BCUT2D eigenvalue weighted by Gasteiger charge is 2.36. The first kappa shape index (κ1) is 22.1. The molecule has 4 rings (SSSR count). The van der Waals surface area contributed by atoms with Crippen molar-refractivity contribution in [3.05, 3.63) is 53.3 Å². The van der Waals surface area contributed by atoms with Crippen LogP contribution in [-0.4, -0.2) is 30.9 Å². The van der Waals surface area contributed by atoms with Gasteiger partial charge < -0.3 is 21.3 Å². The number of carbonyl (C=O) groups is 2. The number of nitrogens with zero attached hydrogens (tertiary/aromatic N) is 1. The van der Waals surface area contributed by atoms with Gasteiger partial charge in [-0.05, 0) is 67.5 Å². The number of nitrogens with one attached hydrogen (secondary N) is 2. The summed E-state index contributed by atoms with van der Waals surface area (Å²) in [5, 5.41) is 6.14. The number of benzene rings is 2. The molecule has 2 atom stereocenters. The molecule has 7 heteroatoms. The van der Waals surface area contributed by atoms with Crippen LogP contribution in [0.25, 0.3) is 0 Å². The molecule has 2 fully saturated rings. The summed E-state index contributed by atoms with van der Waals surface area (Å²) in [4.78, 5) is 25.4. The van der Waals surface area contributed by atoms with Crippen molar-refractivity contribution in [1.82, 2.24) is 5.32 Å². The summed E-state index contributed by atoms with van der Waals surface area (Å²) in [6.07, 6.45) is 2.87. The van der Waals surface area contributed by atoms with Crippen LogP contribution in [0, 0.1) is 24.6 Å². The van der Waals surface area contributed by atoms with E-state index < -0.39 is 11.8 Å². The quantitative estimate of drug-likeness (QED) is 0.643. The third-order valence-corrected chi connectivity index (χ3v) is 6.71. The summed E-state index contributed by atoms with van der Waals surface area (Å²) < 4.78 is 14.9. The third-order valence-electron chi connectivity index (χ3n) is 6.71. The molecule has 2 heterocycles. The molecular weight excluding hydrogens is 407 g/mol. The highest BCUT2D eigenvalue weighted by molar-refractivity contribution is 5.89. The number of carbonyl (C=O) groups excluding carboxylic acids is 2. The second-order valence-electron chi connectivity index (χ2n) is 9.20. The Morgan fingerprint density at radius 2 is 1.91 bits per heavy atom. The predicted octanol–water partition coefficient (Wildman–Crippen LogP) is 3.65. The lowest BCUT2D eigenvalue weighted by Gasteiger charge is -2.32. The maximum atomic E-state index is 14.9. The largest absolute Gasteiger partial charge is 0.369 e. The lowest BCUT2D eigenvalue weighted by Crippen LogP contribution is -2.37. The van der Waals surface area contributed by atoms with E-state index in [0.717, 1.165) is 48.4 Å². The van der Waals surface area contributed by atoms with Crippen LogP contribution in [0.5, 0.6) is 0 Å². The van der Waals surface area contributed by atoms with Crippen molar-refractivity contribution >= 4 is 28.9 Å². The molecule has 4 N–H and O–H groups in total. The van der Waals surface area contributed by atoms with Gasteiger partial charge in [0, 0.05) is 36.9 Å². The standard InChI is InChI=1S/C25H31FN4O2/c1-15-7-9-30(10-8-15)23-11-16(2)21(14-20(23)26)28-18-5-3-17(4-6-18)12-22-19(25(27)32)13-24(31)29-22/h3-6,11,14-15,19,22,28H,7-10,12-13H2,1-2H3,(H2,27,32)(H,29,31). The lowest BCUT2D eigenvalue weighted by molar-refractivity contribution is -0.124. The van der Waals surface area contributed by atoms with Crippen LogP contribution in [0.3, 0.4) is 0 Å². The van der Waals surface area contributed by atoms with Crippen LogP contribution < -0.4 is 21.3 Å². The van der Waals surface area contributed by atoms with E-state index in [0.29, 0.717) is 18.0 Å². The fourth-order valence-electron chi connectivity index (χ4n) is 4.63. The van der Waals surface area contributed by atoms with Crippen LogP contribution in [0.4, 0.5) is 21.5 Å². The highest BCUT2D eigenvalue weighted by Crippen LogP contribution is 2.31. The van der Waals surface area contributed by atoms with Gasteiger partial charge in [-0.25, -0.2) is 4.39 Å². The molecule has 170 valence electrons. The molecule has 0 aromatic heterocycles. The summed E-state index contributed by atoms with van der Waals surface area (Å²) in [5.74, 6) is -0.582. The minimum absolute atomic E-state index is 0.142. The lowest BCUT2D eigenvalue weighted by atomic mass is 9.94. The smallest absolute Gasteiger partial charge is 0.223 e. The van der Waals surface area contributed by atoms with Crippen molar-refractivity contribution < 1.29 is 14.0 Å². The van der Waals surface area contributed by atoms with Crippen molar-refractivity contribution in [2.24, 2.45) is 17.6 Å². The predicted molar refractivity (Wildman–Crippen MR) is 124 cm³/mol. The first-order chi connectivity index (χ1) is 15.3. The summed E-state index contributed by atoms with van der Waals surface area (Å²) in [7, 11) is 0. The third kappa shape index (κ3) is 4.87. The molecule has 2 aromatic carbocycles. The summed E-state index contributed by atoms with van der Waals surface area (Å²) >= 11 is 0. The van der Waals surface area contributed by atoms with Gasteiger partial charge in [0.15, 0.2) is 0 Å². The van der Waals surface area contributed by atoms with Crippen LogP contribution in [0.15, 0.2) is 36.4 Å². The Labute approximate surface area is 188 Å². The zero-order chi connectivity index (χ0) is 22.8. The normalized spacial score (nSPS) is 21.5. The van der Waals surface area contributed by atoms with Gasteiger partial charge in [0.25, 0.3) is 0 Å². The molecular formula is C25H31FN4O2. The van der Waals surface area contributed by atoms with Gasteiger partial charge in [0.2, 0.25) is 11.8 Å². The van der Waals surface area contributed by atoms with E-state index in [2.05, 4.69) is 22.5 Å². The van der Waals surface area contributed by atoms with Gasteiger partial charge in [0.1, 0.15) is 5.82 Å².